The molecule has 3 aromatic heterocycles. The van der Waals surface area contributed by atoms with Crippen LogP contribution >= 0.6 is 0 Å². The number of benzene rings is 2. The Morgan fingerprint density at radius 2 is 1.70 bits per heavy atom. The Labute approximate surface area is 217 Å². The molecular formula is C30H34N6O. The van der Waals surface area contributed by atoms with Gasteiger partial charge in [-0.1, -0.05) is 42.5 Å². The van der Waals surface area contributed by atoms with Crippen LogP contribution in [0.5, 0.6) is 0 Å². The molecule has 4 heterocycles. The van der Waals surface area contributed by atoms with Crippen molar-refractivity contribution in [1.82, 2.24) is 24.5 Å². The molecule has 7 heteroatoms. The highest BCUT2D eigenvalue weighted by atomic mass is 16.5. The number of aromatic nitrogens is 4. The number of aryl methyl sites for hydroxylation is 2. The second-order valence-corrected chi connectivity index (χ2v) is 9.25. The van der Waals surface area contributed by atoms with Crippen molar-refractivity contribution < 1.29 is 4.74 Å². The second-order valence-electron chi connectivity index (χ2n) is 9.25. The second kappa shape index (κ2) is 11.6. The molecule has 0 bridgehead atoms. The van der Waals surface area contributed by atoms with Gasteiger partial charge in [0.05, 0.1) is 24.9 Å². The summed E-state index contributed by atoms with van der Waals surface area (Å²) < 4.78 is 7.32. The zero-order chi connectivity index (χ0) is 25.6. The van der Waals surface area contributed by atoms with Crippen LogP contribution in [-0.2, 0) is 11.2 Å². The number of nitrogens with two attached hydrogens (primary N) is 1. The zero-order valence-electron chi connectivity index (χ0n) is 21.6. The maximum Gasteiger partial charge on any atom is 0.162 e. The summed E-state index contributed by atoms with van der Waals surface area (Å²) in [5, 5.41) is 5.75. The van der Waals surface area contributed by atoms with Crippen LogP contribution in [0, 0.1) is 6.92 Å². The van der Waals surface area contributed by atoms with Gasteiger partial charge in [-0.25, -0.2) is 9.50 Å². The monoisotopic (exact) mass is 494 g/mol. The largest absolute Gasteiger partial charge is 0.379 e. The number of hydrogen-bond acceptors (Lipinski definition) is 6. The van der Waals surface area contributed by atoms with Crippen LogP contribution in [0.2, 0.25) is 0 Å². The third-order valence-electron chi connectivity index (χ3n) is 6.82. The van der Waals surface area contributed by atoms with Gasteiger partial charge in [0.1, 0.15) is 0 Å². The van der Waals surface area contributed by atoms with Gasteiger partial charge in [0.2, 0.25) is 0 Å². The Kier molecular flexibility index (Phi) is 7.84. The molecule has 0 spiro atoms. The molecule has 37 heavy (non-hydrogen) atoms. The van der Waals surface area contributed by atoms with Gasteiger partial charge in [0.15, 0.2) is 5.65 Å². The van der Waals surface area contributed by atoms with Crippen LogP contribution in [0.4, 0.5) is 0 Å². The standard InChI is InChI=1S/C29H29N5O.CH5N/c1-21-17-26(25-6-2-3-7-28(25)32-21)27-19-31-34-20-24(18-30-29(27)34)23-10-8-22(9-11-23)5-4-12-33-13-15-35-16-14-33;1-2/h2-3,6-11,17-20H,4-5,12-16H2,1H3;2H2,1H3. The summed E-state index contributed by atoms with van der Waals surface area (Å²) in [5.74, 6) is 0. The summed E-state index contributed by atoms with van der Waals surface area (Å²) in [6.45, 7) is 7.01. The van der Waals surface area contributed by atoms with Crippen molar-refractivity contribution in [3.05, 3.63) is 84.4 Å². The van der Waals surface area contributed by atoms with Crippen molar-refractivity contribution >= 4 is 16.6 Å². The molecule has 5 aromatic rings. The molecule has 1 aliphatic rings. The van der Waals surface area contributed by atoms with Crippen LogP contribution in [0.25, 0.3) is 38.8 Å². The van der Waals surface area contributed by atoms with Crippen molar-refractivity contribution in [3.8, 4) is 22.3 Å². The first-order valence-corrected chi connectivity index (χ1v) is 12.9. The van der Waals surface area contributed by atoms with Gasteiger partial charge < -0.3 is 10.5 Å². The molecule has 6 rings (SSSR count). The number of pyridine rings is 1. The fraction of sp³-hybridized carbons (Fsp3) is 0.300. The van der Waals surface area contributed by atoms with Gasteiger partial charge in [-0.05, 0) is 62.2 Å². The third kappa shape index (κ3) is 5.54. The van der Waals surface area contributed by atoms with E-state index in [2.05, 4.69) is 69.4 Å². The molecule has 0 unspecified atom stereocenters. The molecule has 0 atom stereocenters. The van der Waals surface area contributed by atoms with Crippen molar-refractivity contribution in [2.45, 2.75) is 19.8 Å². The van der Waals surface area contributed by atoms with Gasteiger partial charge in [0.25, 0.3) is 0 Å². The van der Waals surface area contributed by atoms with Crippen molar-refractivity contribution in [1.29, 1.82) is 0 Å². The highest BCUT2D eigenvalue weighted by Gasteiger charge is 2.14. The van der Waals surface area contributed by atoms with E-state index in [0.717, 1.165) is 83.8 Å². The minimum atomic E-state index is 0.851. The lowest BCUT2D eigenvalue weighted by molar-refractivity contribution is 0.0375. The Bertz CT molecular complexity index is 1470. The number of hydrogen-bond donors (Lipinski definition) is 1. The van der Waals surface area contributed by atoms with Crippen LogP contribution in [0.15, 0.2) is 73.2 Å². The number of fused-ring (bicyclic) bond motifs is 2. The summed E-state index contributed by atoms with van der Waals surface area (Å²) in [7, 11) is 1.50. The first-order chi connectivity index (χ1) is 18.2. The molecule has 0 amide bonds. The topological polar surface area (TPSA) is 81.6 Å². The number of rotatable bonds is 6. The minimum Gasteiger partial charge on any atom is -0.379 e. The summed E-state index contributed by atoms with van der Waals surface area (Å²) in [5.41, 5.74) is 13.0. The lowest BCUT2D eigenvalue weighted by Crippen LogP contribution is -2.36. The van der Waals surface area contributed by atoms with Gasteiger partial charge in [-0.3, -0.25) is 9.88 Å². The fourth-order valence-electron chi connectivity index (χ4n) is 4.94. The predicted octanol–water partition coefficient (Wildman–Crippen LogP) is 4.76. The summed E-state index contributed by atoms with van der Waals surface area (Å²) in [6.07, 6.45) is 8.19. The Balaban J connectivity index is 0.00000137. The van der Waals surface area contributed by atoms with E-state index in [1.54, 1.807) is 0 Å². The van der Waals surface area contributed by atoms with Gasteiger partial charge >= 0.3 is 0 Å². The number of ether oxygens (including phenoxy) is 1. The lowest BCUT2D eigenvalue weighted by Gasteiger charge is -2.26. The molecule has 7 nitrogen and oxygen atoms in total. The Morgan fingerprint density at radius 3 is 2.51 bits per heavy atom. The maximum atomic E-state index is 5.44. The van der Waals surface area contributed by atoms with Crippen molar-refractivity contribution in [3.63, 3.8) is 0 Å². The molecular weight excluding hydrogens is 460 g/mol. The number of morpholine rings is 1. The molecule has 1 aliphatic heterocycles. The normalized spacial score (nSPS) is 14.0. The van der Waals surface area contributed by atoms with E-state index in [4.69, 9.17) is 9.72 Å². The zero-order valence-corrected chi connectivity index (χ0v) is 21.6. The van der Waals surface area contributed by atoms with E-state index in [9.17, 15) is 0 Å². The Morgan fingerprint density at radius 1 is 0.919 bits per heavy atom. The van der Waals surface area contributed by atoms with E-state index >= 15 is 0 Å². The lowest BCUT2D eigenvalue weighted by atomic mass is 10.0. The van der Waals surface area contributed by atoms with Gasteiger partial charge in [0, 0.05) is 47.7 Å². The number of para-hydroxylation sites is 1. The number of nitrogens with zero attached hydrogens (tertiary/aromatic N) is 5. The van der Waals surface area contributed by atoms with Crippen LogP contribution < -0.4 is 5.73 Å². The SMILES string of the molecule is CN.Cc1cc(-c2cnn3cc(-c4ccc(CCCN5CCOCC5)cc4)cnc23)c2ccccc2n1. The first kappa shape index (κ1) is 25.0. The summed E-state index contributed by atoms with van der Waals surface area (Å²) in [6, 6.07) is 19.2. The molecule has 0 radical (unpaired) electrons. The smallest absolute Gasteiger partial charge is 0.162 e. The van der Waals surface area contributed by atoms with Crippen LogP contribution in [-0.4, -0.2) is 64.4 Å². The Hall–Kier alpha value is -3.65. The van der Waals surface area contributed by atoms with E-state index in [1.807, 2.05) is 36.0 Å². The quantitative estimate of drug-likeness (QED) is 0.367. The molecule has 190 valence electrons. The van der Waals surface area contributed by atoms with E-state index in [1.165, 1.54) is 19.0 Å². The van der Waals surface area contributed by atoms with Gasteiger partial charge in [-0.15, -0.1) is 0 Å². The van der Waals surface area contributed by atoms with Crippen LogP contribution in [0.3, 0.4) is 0 Å². The third-order valence-corrected chi connectivity index (χ3v) is 6.82. The predicted molar refractivity (Wildman–Crippen MR) is 150 cm³/mol. The minimum absolute atomic E-state index is 0.851. The molecule has 0 saturated carbocycles. The van der Waals surface area contributed by atoms with Crippen molar-refractivity contribution in [2.24, 2.45) is 5.73 Å². The van der Waals surface area contributed by atoms with E-state index < -0.39 is 0 Å². The highest BCUT2D eigenvalue weighted by Crippen LogP contribution is 2.31. The molecule has 2 aromatic carbocycles. The molecule has 1 saturated heterocycles. The fourth-order valence-corrected chi connectivity index (χ4v) is 4.94. The maximum absolute atomic E-state index is 5.44. The summed E-state index contributed by atoms with van der Waals surface area (Å²) >= 11 is 0. The van der Waals surface area contributed by atoms with Crippen LogP contribution in [0.1, 0.15) is 17.7 Å². The highest BCUT2D eigenvalue weighted by molar-refractivity contribution is 5.98. The average molecular weight is 495 g/mol. The van der Waals surface area contributed by atoms with Crippen molar-refractivity contribution in [2.75, 3.05) is 39.9 Å². The summed E-state index contributed by atoms with van der Waals surface area (Å²) in [4.78, 5) is 12.0. The van der Waals surface area contributed by atoms with Gasteiger partial charge in [-0.2, -0.15) is 5.10 Å². The van der Waals surface area contributed by atoms with E-state index in [-0.39, 0.29) is 0 Å². The molecule has 1 fully saturated rings. The molecule has 2 N–H and O–H groups in total. The van der Waals surface area contributed by atoms with E-state index in [0.29, 0.717) is 0 Å². The first-order valence-electron chi connectivity index (χ1n) is 12.9. The average Bonchev–Trinajstić information content (AvgIpc) is 3.38. The molecule has 0 aliphatic carbocycles.